The van der Waals surface area contributed by atoms with Gasteiger partial charge >= 0.3 is 0 Å². The van der Waals surface area contributed by atoms with Gasteiger partial charge in [-0.25, -0.2) is 4.39 Å². The van der Waals surface area contributed by atoms with Gasteiger partial charge in [-0.05, 0) is 33.0 Å². The van der Waals surface area contributed by atoms with Crippen LogP contribution in [0.3, 0.4) is 0 Å². The molecular weight excluding hydrogens is 233 g/mol. The highest BCUT2D eigenvalue weighted by molar-refractivity contribution is 5.96. The standard InChI is InChI=1S/C14H20FNO2/c1-14(2,10-17)16(3)9-8-13(18)11-6-4-5-7-12(11)15/h4-7,17H,8-10H2,1-3H3. The minimum atomic E-state index is -0.480. The third-order valence-corrected chi connectivity index (χ3v) is 3.27. The summed E-state index contributed by atoms with van der Waals surface area (Å²) in [6.45, 7) is 4.28. The molecule has 0 amide bonds. The van der Waals surface area contributed by atoms with Gasteiger partial charge in [-0.3, -0.25) is 9.69 Å². The summed E-state index contributed by atoms with van der Waals surface area (Å²) < 4.78 is 13.4. The van der Waals surface area contributed by atoms with E-state index in [1.54, 1.807) is 12.1 Å². The van der Waals surface area contributed by atoms with E-state index in [1.165, 1.54) is 12.1 Å². The maximum absolute atomic E-state index is 13.4. The monoisotopic (exact) mass is 253 g/mol. The van der Waals surface area contributed by atoms with Crippen molar-refractivity contribution in [2.45, 2.75) is 25.8 Å². The number of Topliss-reactive ketones (excluding diaryl/α,β-unsaturated/α-hetero) is 1. The maximum atomic E-state index is 13.4. The largest absolute Gasteiger partial charge is 0.394 e. The van der Waals surface area contributed by atoms with Gasteiger partial charge in [0.05, 0.1) is 12.2 Å². The van der Waals surface area contributed by atoms with Gasteiger partial charge in [-0.15, -0.1) is 0 Å². The molecule has 0 saturated carbocycles. The second-order valence-electron chi connectivity index (χ2n) is 5.05. The molecule has 0 bridgehead atoms. The molecule has 0 atom stereocenters. The molecule has 0 aromatic heterocycles. The Bertz CT molecular complexity index is 418. The smallest absolute Gasteiger partial charge is 0.167 e. The van der Waals surface area contributed by atoms with E-state index in [9.17, 15) is 14.3 Å². The van der Waals surface area contributed by atoms with Crippen LogP contribution in [0.5, 0.6) is 0 Å². The average Bonchev–Trinajstić information content (AvgIpc) is 2.36. The molecule has 0 heterocycles. The summed E-state index contributed by atoms with van der Waals surface area (Å²) >= 11 is 0. The van der Waals surface area contributed by atoms with E-state index in [0.717, 1.165) is 0 Å². The number of halogens is 1. The predicted molar refractivity (Wildman–Crippen MR) is 69.1 cm³/mol. The Balaban J connectivity index is 2.60. The number of aliphatic hydroxyl groups is 1. The van der Waals surface area contributed by atoms with Gasteiger partial charge in [0.25, 0.3) is 0 Å². The molecule has 0 spiro atoms. The van der Waals surface area contributed by atoms with Gasteiger partial charge in [0.15, 0.2) is 5.78 Å². The molecule has 1 rings (SSSR count). The Kier molecular flexibility index (Phi) is 4.99. The molecular formula is C14H20FNO2. The lowest BCUT2D eigenvalue weighted by Gasteiger charge is -2.33. The molecule has 3 nitrogen and oxygen atoms in total. The average molecular weight is 253 g/mol. The van der Waals surface area contributed by atoms with Crippen molar-refractivity contribution in [3.8, 4) is 0 Å². The van der Waals surface area contributed by atoms with Crippen molar-refractivity contribution >= 4 is 5.78 Å². The highest BCUT2D eigenvalue weighted by Gasteiger charge is 2.23. The molecule has 1 N–H and O–H groups in total. The first-order valence-electron chi connectivity index (χ1n) is 5.98. The topological polar surface area (TPSA) is 40.5 Å². The summed E-state index contributed by atoms with van der Waals surface area (Å²) in [5.74, 6) is -0.694. The Morgan fingerprint density at radius 3 is 2.56 bits per heavy atom. The summed E-state index contributed by atoms with van der Waals surface area (Å²) in [6, 6.07) is 5.99. The normalized spacial score (nSPS) is 11.9. The van der Waals surface area contributed by atoms with Crippen LogP contribution in [-0.4, -0.2) is 41.5 Å². The first kappa shape index (κ1) is 14.8. The number of benzene rings is 1. The quantitative estimate of drug-likeness (QED) is 0.789. The Hall–Kier alpha value is -1.26. The first-order chi connectivity index (χ1) is 8.38. The Labute approximate surface area is 107 Å². The van der Waals surface area contributed by atoms with Gasteiger partial charge in [0, 0.05) is 18.5 Å². The van der Waals surface area contributed by atoms with Crippen LogP contribution >= 0.6 is 0 Å². The van der Waals surface area contributed by atoms with Crippen molar-refractivity contribution in [2.75, 3.05) is 20.2 Å². The summed E-state index contributed by atoms with van der Waals surface area (Å²) in [7, 11) is 1.84. The zero-order chi connectivity index (χ0) is 13.8. The summed E-state index contributed by atoms with van der Waals surface area (Å²) in [6.07, 6.45) is 0.237. The van der Waals surface area contributed by atoms with Crippen LogP contribution in [0.1, 0.15) is 30.6 Å². The van der Waals surface area contributed by atoms with Crippen molar-refractivity contribution in [1.82, 2.24) is 4.90 Å². The van der Waals surface area contributed by atoms with Crippen LogP contribution in [0.15, 0.2) is 24.3 Å². The van der Waals surface area contributed by atoms with Crippen LogP contribution in [-0.2, 0) is 0 Å². The first-order valence-corrected chi connectivity index (χ1v) is 5.98. The number of hydrogen-bond donors (Lipinski definition) is 1. The predicted octanol–water partition coefficient (Wildman–Crippen LogP) is 2.10. The molecule has 0 unspecified atom stereocenters. The molecule has 0 radical (unpaired) electrons. The fourth-order valence-electron chi connectivity index (χ4n) is 1.51. The van der Waals surface area contributed by atoms with Gasteiger partial charge in [0.1, 0.15) is 5.82 Å². The van der Waals surface area contributed by atoms with E-state index in [1.807, 2.05) is 25.8 Å². The molecule has 100 valence electrons. The van der Waals surface area contributed by atoms with Crippen molar-refractivity contribution in [2.24, 2.45) is 0 Å². The maximum Gasteiger partial charge on any atom is 0.167 e. The molecule has 0 aliphatic carbocycles. The van der Waals surface area contributed by atoms with E-state index in [0.29, 0.717) is 6.54 Å². The lowest BCUT2D eigenvalue weighted by atomic mass is 10.0. The zero-order valence-electron chi connectivity index (χ0n) is 11.1. The third kappa shape index (κ3) is 3.62. The van der Waals surface area contributed by atoms with Gasteiger partial charge in [-0.1, -0.05) is 12.1 Å². The molecule has 1 aromatic rings. The SMILES string of the molecule is CN(CCC(=O)c1ccccc1F)C(C)(C)CO. The van der Waals surface area contributed by atoms with E-state index < -0.39 is 5.82 Å². The van der Waals surface area contributed by atoms with Crippen LogP contribution in [0.25, 0.3) is 0 Å². The highest BCUT2D eigenvalue weighted by atomic mass is 19.1. The number of carbonyl (C=O) groups excluding carboxylic acids is 1. The number of carbonyl (C=O) groups is 1. The summed E-state index contributed by atoms with van der Waals surface area (Å²) in [4.78, 5) is 13.8. The minimum Gasteiger partial charge on any atom is -0.394 e. The van der Waals surface area contributed by atoms with Crippen molar-refractivity contribution < 1.29 is 14.3 Å². The number of hydrogen-bond acceptors (Lipinski definition) is 3. The lowest BCUT2D eigenvalue weighted by Crippen LogP contribution is -2.45. The third-order valence-electron chi connectivity index (χ3n) is 3.27. The molecule has 18 heavy (non-hydrogen) atoms. The van der Waals surface area contributed by atoms with E-state index in [4.69, 9.17) is 0 Å². The summed E-state index contributed by atoms with van der Waals surface area (Å²) in [5.41, 5.74) is -0.247. The van der Waals surface area contributed by atoms with E-state index >= 15 is 0 Å². The number of ketones is 1. The highest BCUT2D eigenvalue weighted by Crippen LogP contribution is 2.14. The number of aliphatic hydroxyl groups excluding tert-OH is 1. The molecule has 1 aromatic carbocycles. The van der Waals surface area contributed by atoms with Gasteiger partial charge in [-0.2, -0.15) is 0 Å². The lowest BCUT2D eigenvalue weighted by molar-refractivity contribution is 0.0724. The van der Waals surface area contributed by atoms with Gasteiger partial charge in [0.2, 0.25) is 0 Å². The summed E-state index contributed by atoms with van der Waals surface area (Å²) in [5, 5.41) is 9.20. The van der Waals surface area contributed by atoms with Crippen molar-refractivity contribution in [1.29, 1.82) is 0 Å². The molecule has 0 fully saturated rings. The molecule has 0 aliphatic heterocycles. The fraction of sp³-hybridized carbons (Fsp3) is 0.500. The second-order valence-corrected chi connectivity index (χ2v) is 5.05. The number of rotatable bonds is 6. The zero-order valence-corrected chi connectivity index (χ0v) is 11.1. The second kappa shape index (κ2) is 6.07. The fourth-order valence-corrected chi connectivity index (χ4v) is 1.51. The van der Waals surface area contributed by atoms with Crippen LogP contribution in [0, 0.1) is 5.82 Å². The minimum absolute atomic E-state index is 0.0113. The molecule has 0 aliphatic rings. The van der Waals surface area contributed by atoms with Crippen molar-refractivity contribution in [3.63, 3.8) is 0 Å². The molecule has 4 heteroatoms. The Morgan fingerprint density at radius 2 is 2.00 bits per heavy atom. The Morgan fingerprint density at radius 1 is 1.39 bits per heavy atom. The van der Waals surface area contributed by atoms with Crippen molar-refractivity contribution in [3.05, 3.63) is 35.6 Å². The number of nitrogens with zero attached hydrogens (tertiary/aromatic N) is 1. The van der Waals surface area contributed by atoms with Gasteiger partial charge < -0.3 is 5.11 Å². The molecule has 0 saturated heterocycles. The van der Waals surface area contributed by atoms with Crippen LogP contribution in [0.4, 0.5) is 4.39 Å². The van der Waals surface area contributed by atoms with Crippen LogP contribution < -0.4 is 0 Å². The van der Waals surface area contributed by atoms with E-state index in [2.05, 4.69) is 0 Å². The van der Waals surface area contributed by atoms with E-state index in [-0.39, 0.29) is 29.9 Å². The number of likely N-dealkylation sites (N-methyl/N-ethyl adjacent to an activating group) is 1. The van der Waals surface area contributed by atoms with Crippen LogP contribution in [0.2, 0.25) is 0 Å².